The molecule has 1 rings (SSSR count). The predicted octanol–water partition coefficient (Wildman–Crippen LogP) is 1.21. The molecule has 0 aromatic heterocycles. The largest absolute Gasteiger partial charge is 0.504 e. The maximum Gasteiger partial charge on any atom is 0.223 e. The number of nitrogens with one attached hydrogen (secondary N) is 1. The number of nitrogens with zero attached hydrogens (tertiary/aromatic N) is 1. The lowest BCUT2D eigenvalue weighted by atomic mass is 10.1. The first-order chi connectivity index (χ1) is 8.99. The third-order valence-electron chi connectivity index (χ3n) is 3.02. The van der Waals surface area contributed by atoms with Gasteiger partial charge in [0.25, 0.3) is 0 Å². The van der Waals surface area contributed by atoms with E-state index in [1.165, 1.54) is 7.11 Å². The monoisotopic (exact) mass is 266 g/mol. The summed E-state index contributed by atoms with van der Waals surface area (Å²) in [7, 11) is 5.07. The average Bonchev–Trinajstić information content (AvgIpc) is 2.40. The Morgan fingerprint density at radius 3 is 2.79 bits per heavy atom. The van der Waals surface area contributed by atoms with E-state index < -0.39 is 0 Å². The molecule has 1 unspecified atom stereocenters. The van der Waals surface area contributed by atoms with E-state index >= 15 is 0 Å². The lowest BCUT2D eigenvalue weighted by molar-refractivity contribution is -0.124. The van der Waals surface area contributed by atoms with Crippen LogP contribution in [-0.2, 0) is 11.3 Å². The third kappa shape index (κ3) is 4.13. The van der Waals surface area contributed by atoms with Crippen molar-refractivity contribution in [2.24, 2.45) is 5.92 Å². The molecule has 5 heteroatoms. The Morgan fingerprint density at radius 1 is 1.53 bits per heavy atom. The van der Waals surface area contributed by atoms with E-state index in [1.54, 1.807) is 13.1 Å². The van der Waals surface area contributed by atoms with Gasteiger partial charge in [-0.1, -0.05) is 19.1 Å². The molecule has 19 heavy (non-hydrogen) atoms. The Hall–Kier alpha value is -1.75. The summed E-state index contributed by atoms with van der Waals surface area (Å²) in [6.45, 7) is 3.06. The number of phenols is 1. The number of carbonyl (C=O) groups excluding carboxylic acids is 1. The van der Waals surface area contributed by atoms with Gasteiger partial charge in [0.2, 0.25) is 5.91 Å². The van der Waals surface area contributed by atoms with Crippen molar-refractivity contribution in [1.29, 1.82) is 0 Å². The van der Waals surface area contributed by atoms with Crippen molar-refractivity contribution in [1.82, 2.24) is 10.2 Å². The number of hydrogen-bond donors (Lipinski definition) is 2. The highest BCUT2D eigenvalue weighted by molar-refractivity contribution is 5.78. The molecule has 0 heterocycles. The number of amides is 1. The van der Waals surface area contributed by atoms with Crippen LogP contribution in [-0.4, -0.2) is 43.7 Å². The molecule has 106 valence electrons. The summed E-state index contributed by atoms with van der Waals surface area (Å²) in [6.07, 6.45) is 0. The number of benzene rings is 1. The minimum atomic E-state index is -0.0947. The zero-order valence-electron chi connectivity index (χ0n) is 11.9. The zero-order valence-corrected chi connectivity index (χ0v) is 11.9. The van der Waals surface area contributed by atoms with E-state index in [-0.39, 0.29) is 17.6 Å². The number of rotatable bonds is 6. The highest BCUT2D eigenvalue weighted by Crippen LogP contribution is 2.30. The van der Waals surface area contributed by atoms with Gasteiger partial charge in [-0.2, -0.15) is 0 Å². The highest BCUT2D eigenvalue weighted by atomic mass is 16.5. The summed E-state index contributed by atoms with van der Waals surface area (Å²) < 4.78 is 5.07. The van der Waals surface area contributed by atoms with Crippen LogP contribution in [0.4, 0.5) is 0 Å². The highest BCUT2D eigenvalue weighted by Gasteiger charge is 2.15. The Bertz CT molecular complexity index is 435. The minimum Gasteiger partial charge on any atom is -0.504 e. The van der Waals surface area contributed by atoms with Gasteiger partial charge in [-0.3, -0.25) is 4.79 Å². The first kappa shape index (κ1) is 15.3. The molecular weight excluding hydrogens is 244 g/mol. The van der Waals surface area contributed by atoms with Crippen LogP contribution in [0.3, 0.4) is 0 Å². The third-order valence-corrected chi connectivity index (χ3v) is 3.02. The second-order valence-electron chi connectivity index (χ2n) is 4.68. The van der Waals surface area contributed by atoms with Crippen LogP contribution in [0.15, 0.2) is 18.2 Å². The quantitative estimate of drug-likeness (QED) is 0.812. The number of methoxy groups -OCH3 is 1. The van der Waals surface area contributed by atoms with Crippen LogP contribution < -0.4 is 10.1 Å². The summed E-state index contributed by atoms with van der Waals surface area (Å²) in [5, 5.41) is 12.6. The molecule has 1 aromatic carbocycles. The fraction of sp³-hybridized carbons (Fsp3) is 0.500. The van der Waals surface area contributed by atoms with E-state index in [1.807, 2.05) is 31.0 Å². The molecule has 0 spiro atoms. The van der Waals surface area contributed by atoms with Gasteiger partial charge in [-0.05, 0) is 13.1 Å². The molecule has 2 N–H and O–H groups in total. The summed E-state index contributed by atoms with van der Waals surface area (Å²) in [6, 6.07) is 5.40. The van der Waals surface area contributed by atoms with Crippen molar-refractivity contribution in [3.63, 3.8) is 0 Å². The SMILES string of the molecule is CNC(=O)C(C)CN(C)Cc1cccc(OC)c1O. The van der Waals surface area contributed by atoms with Crippen molar-refractivity contribution >= 4 is 5.91 Å². The van der Waals surface area contributed by atoms with Gasteiger partial charge in [0.15, 0.2) is 11.5 Å². The van der Waals surface area contributed by atoms with Crippen LogP contribution in [0.1, 0.15) is 12.5 Å². The van der Waals surface area contributed by atoms with Crippen LogP contribution in [0.5, 0.6) is 11.5 Å². The predicted molar refractivity (Wildman–Crippen MR) is 74.2 cm³/mol. The van der Waals surface area contributed by atoms with E-state index in [0.717, 1.165) is 5.56 Å². The van der Waals surface area contributed by atoms with E-state index in [9.17, 15) is 9.90 Å². The van der Waals surface area contributed by atoms with Crippen LogP contribution >= 0.6 is 0 Å². The van der Waals surface area contributed by atoms with Crippen LogP contribution in [0, 0.1) is 5.92 Å². The Labute approximate surface area is 114 Å². The molecule has 0 aliphatic carbocycles. The molecule has 5 nitrogen and oxygen atoms in total. The van der Waals surface area contributed by atoms with Crippen molar-refractivity contribution in [3.05, 3.63) is 23.8 Å². The Kier molecular flexibility index (Phi) is 5.63. The molecule has 0 radical (unpaired) electrons. The number of phenolic OH excluding ortho intramolecular Hbond substituents is 1. The normalized spacial score (nSPS) is 12.3. The molecule has 1 amide bonds. The lowest BCUT2D eigenvalue weighted by Crippen LogP contribution is -2.34. The summed E-state index contributed by atoms with van der Waals surface area (Å²) in [5.41, 5.74) is 0.783. The molecule has 0 bridgehead atoms. The maximum atomic E-state index is 11.5. The fourth-order valence-corrected chi connectivity index (χ4v) is 2.01. The molecule has 1 aromatic rings. The topological polar surface area (TPSA) is 61.8 Å². The summed E-state index contributed by atoms with van der Waals surface area (Å²) in [5.74, 6) is 0.541. The van der Waals surface area contributed by atoms with Gasteiger partial charge in [-0.15, -0.1) is 0 Å². The van der Waals surface area contributed by atoms with Crippen LogP contribution in [0.2, 0.25) is 0 Å². The number of para-hydroxylation sites is 1. The Morgan fingerprint density at radius 2 is 2.21 bits per heavy atom. The molecule has 0 saturated carbocycles. The maximum absolute atomic E-state index is 11.5. The Balaban J connectivity index is 2.67. The standard InChI is InChI=1S/C14H22N2O3/c1-10(14(18)15-2)8-16(3)9-11-6-5-7-12(19-4)13(11)17/h5-7,10,17H,8-9H2,1-4H3,(H,15,18). The fourth-order valence-electron chi connectivity index (χ4n) is 2.01. The van der Waals surface area contributed by atoms with Gasteiger partial charge < -0.3 is 20.1 Å². The zero-order chi connectivity index (χ0) is 14.4. The number of hydrogen-bond acceptors (Lipinski definition) is 4. The van der Waals surface area contributed by atoms with E-state index in [2.05, 4.69) is 5.32 Å². The van der Waals surface area contributed by atoms with Gasteiger partial charge in [-0.25, -0.2) is 0 Å². The van der Waals surface area contributed by atoms with Crippen molar-refractivity contribution in [2.75, 3.05) is 27.7 Å². The van der Waals surface area contributed by atoms with Gasteiger partial charge in [0, 0.05) is 31.6 Å². The van der Waals surface area contributed by atoms with E-state index in [4.69, 9.17) is 4.74 Å². The lowest BCUT2D eigenvalue weighted by Gasteiger charge is -2.21. The van der Waals surface area contributed by atoms with Crippen molar-refractivity contribution in [3.8, 4) is 11.5 Å². The number of carbonyl (C=O) groups is 1. The smallest absolute Gasteiger partial charge is 0.223 e. The molecule has 0 saturated heterocycles. The average molecular weight is 266 g/mol. The van der Waals surface area contributed by atoms with Gasteiger partial charge in [0.1, 0.15) is 0 Å². The van der Waals surface area contributed by atoms with Crippen molar-refractivity contribution in [2.45, 2.75) is 13.5 Å². The molecular formula is C14H22N2O3. The minimum absolute atomic E-state index is 0.0155. The van der Waals surface area contributed by atoms with Crippen molar-refractivity contribution < 1.29 is 14.6 Å². The first-order valence-electron chi connectivity index (χ1n) is 6.24. The van der Waals surface area contributed by atoms with E-state index in [0.29, 0.717) is 18.8 Å². The second-order valence-corrected chi connectivity index (χ2v) is 4.68. The van der Waals surface area contributed by atoms with Gasteiger partial charge >= 0.3 is 0 Å². The molecule has 0 aliphatic rings. The number of ether oxygens (including phenoxy) is 1. The molecule has 0 fully saturated rings. The first-order valence-corrected chi connectivity index (χ1v) is 6.24. The second kappa shape index (κ2) is 6.99. The van der Waals surface area contributed by atoms with Crippen LogP contribution in [0.25, 0.3) is 0 Å². The van der Waals surface area contributed by atoms with Gasteiger partial charge in [0.05, 0.1) is 7.11 Å². The summed E-state index contributed by atoms with van der Waals surface area (Å²) >= 11 is 0. The number of aromatic hydroxyl groups is 1. The molecule has 1 atom stereocenters. The summed E-state index contributed by atoms with van der Waals surface area (Å²) in [4.78, 5) is 13.5. The molecule has 0 aliphatic heterocycles.